The molecule has 0 N–H and O–H groups in total. The Labute approximate surface area is 180 Å². The summed E-state index contributed by atoms with van der Waals surface area (Å²) in [6.07, 6.45) is 4.45. The fourth-order valence-corrected chi connectivity index (χ4v) is 3.89. The van der Waals surface area contributed by atoms with E-state index in [0.29, 0.717) is 43.7 Å². The van der Waals surface area contributed by atoms with E-state index in [1.54, 1.807) is 34.8 Å². The number of aryl methyl sites for hydroxylation is 1. The maximum atomic E-state index is 12.9. The summed E-state index contributed by atoms with van der Waals surface area (Å²) in [6.45, 7) is 5.11. The van der Waals surface area contributed by atoms with Crippen molar-refractivity contribution < 1.29 is 14.3 Å². The van der Waals surface area contributed by atoms with Gasteiger partial charge >= 0.3 is 5.97 Å². The molecule has 0 spiro atoms. The second-order valence-corrected chi connectivity index (χ2v) is 7.86. The molecule has 3 aromatic rings. The minimum Gasteiger partial charge on any atom is -0.466 e. The maximum Gasteiger partial charge on any atom is 0.309 e. The van der Waals surface area contributed by atoms with E-state index >= 15 is 0 Å². The van der Waals surface area contributed by atoms with Gasteiger partial charge in [-0.2, -0.15) is 5.10 Å². The van der Waals surface area contributed by atoms with Crippen molar-refractivity contribution in [2.45, 2.75) is 33.2 Å². The first-order chi connectivity index (χ1) is 15.0. The summed E-state index contributed by atoms with van der Waals surface area (Å²) in [5, 5.41) is 4.49. The highest BCUT2D eigenvalue weighted by Gasteiger charge is 2.28. The Bertz CT molecular complexity index is 1150. The molecule has 0 bridgehead atoms. The van der Waals surface area contributed by atoms with Crippen LogP contribution in [-0.4, -0.2) is 50.7 Å². The molecule has 2 aromatic heterocycles. The van der Waals surface area contributed by atoms with Gasteiger partial charge in [0.1, 0.15) is 12.1 Å². The number of hydrogen-bond acceptors (Lipinski definition) is 5. The predicted octanol–water partition coefficient (Wildman–Crippen LogP) is 2.27. The summed E-state index contributed by atoms with van der Waals surface area (Å²) in [5.41, 5.74) is 2.96. The number of hydrogen-bond donors (Lipinski definition) is 0. The topological polar surface area (TPSA) is 85.9 Å². The molecule has 0 unspecified atom stereocenters. The first kappa shape index (κ1) is 20.8. The number of esters is 1. The van der Waals surface area contributed by atoms with Gasteiger partial charge in [0.15, 0.2) is 0 Å². The summed E-state index contributed by atoms with van der Waals surface area (Å²) in [5.74, 6) is -0.483. The fourth-order valence-electron chi connectivity index (χ4n) is 3.89. The van der Waals surface area contributed by atoms with Crippen LogP contribution < -0.4 is 5.56 Å². The lowest BCUT2D eigenvalue weighted by Gasteiger charge is -2.31. The van der Waals surface area contributed by atoms with Gasteiger partial charge in [0, 0.05) is 31.0 Å². The zero-order valence-electron chi connectivity index (χ0n) is 17.8. The Morgan fingerprint density at radius 2 is 1.84 bits per heavy atom. The number of rotatable bonds is 5. The number of aromatic nitrogens is 3. The normalized spacial score (nSPS) is 14.7. The van der Waals surface area contributed by atoms with Crippen LogP contribution in [0, 0.1) is 12.8 Å². The lowest BCUT2D eigenvalue weighted by molar-refractivity contribution is -0.151. The summed E-state index contributed by atoms with van der Waals surface area (Å²) in [4.78, 5) is 39.3. The summed E-state index contributed by atoms with van der Waals surface area (Å²) in [7, 11) is 0. The molecule has 1 aromatic carbocycles. The molecule has 1 amide bonds. The molecule has 8 heteroatoms. The highest BCUT2D eigenvalue weighted by atomic mass is 16.5. The third-order valence-electron chi connectivity index (χ3n) is 5.72. The highest BCUT2D eigenvalue weighted by Crippen LogP contribution is 2.20. The first-order valence-corrected chi connectivity index (χ1v) is 10.6. The quantitative estimate of drug-likeness (QED) is 0.589. The molecular weight excluding hydrogens is 396 g/mol. The lowest BCUT2D eigenvalue weighted by atomic mass is 9.97. The van der Waals surface area contributed by atoms with E-state index in [1.807, 2.05) is 31.2 Å². The number of piperidine rings is 1. The number of fused-ring (bicyclic) bond motifs is 1. The van der Waals surface area contributed by atoms with Gasteiger partial charge < -0.3 is 14.2 Å². The zero-order valence-corrected chi connectivity index (χ0v) is 17.8. The number of ether oxygens (including phenoxy) is 1. The number of carbonyl (C=O) groups excluding carboxylic acids is 2. The minimum absolute atomic E-state index is 0.0373. The monoisotopic (exact) mass is 422 g/mol. The Kier molecular flexibility index (Phi) is 5.88. The van der Waals surface area contributed by atoms with Gasteiger partial charge in [0.25, 0.3) is 5.56 Å². The molecule has 1 aliphatic heterocycles. The molecule has 1 fully saturated rings. The van der Waals surface area contributed by atoms with Crippen molar-refractivity contribution in [2.75, 3.05) is 19.7 Å². The molecule has 3 heterocycles. The molecule has 4 rings (SSSR count). The summed E-state index contributed by atoms with van der Waals surface area (Å²) in [6, 6.07) is 9.69. The van der Waals surface area contributed by atoms with Crippen LogP contribution in [0.1, 0.15) is 25.3 Å². The molecule has 0 radical (unpaired) electrons. The van der Waals surface area contributed by atoms with Crippen LogP contribution in [0.25, 0.3) is 16.8 Å². The number of likely N-dealkylation sites (tertiary alicyclic amines) is 1. The Morgan fingerprint density at radius 1 is 1.13 bits per heavy atom. The largest absolute Gasteiger partial charge is 0.466 e. The van der Waals surface area contributed by atoms with Gasteiger partial charge in [-0.05, 0) is 32.8 Å². The van der Waals surface area contributed by atoms with Crippen molar-refractivity contribution in [1.82, 2.24) is 19.1 Å². The van der Waals surface area contributed by atoms with Crippen LogP contribution in [0.4, 0.5) is 0 Å². The van der Waals surface area contributed by atoms with Crippen LogP contribution in [0.2, 0.25) is 0 Å². The van der Waals surface area contributed by atoms with Crippen LogP contribution in [0.3, 0.4) is 0 Å². The highest BCUT2D eigenvalue weighted by molar-refractivity contribution is 5.77. The smallest absolute Gasteiger partial charge is 0.309 e. The van der Waals surface area contributed by atoms with E-state index in [-0.39, 0.29) is 29.9 Å². The average Bonchev–Trinajstić information content (AvgIpc) is 3.21. The number of carbonyl (C=O) groups is 2. The molecule has 1 saturated heterocycles. The van der Waals surface area contributed by atoms with Crippen LogP contribution in [0.15, 0.2) is 47.5 Å². The van der Waals surface area contributed by atoms with Crippen molar-refractivity contribution >= 4 is 17.4 Å². The van der Waals surface area contributed by atoms with E-state index in [9.17, 15) is 14.4 Å². The van der Waals surface area contributed by atoms with Crippen LogP contribution in [-0.2, 0) is 20.9 Å². The van der Waals surface area contributed by atoms with E-state index in [4.69, 9.17) is 4.74 Å². The minimum atomic E-state index is -0.261. The Morgan fingerprint density at radius 3 is 2.52 bits per heavy atom. The Hall–Kier alpha value is -3.42. The summed E-state index contributed by atoms with van der Waals surface area (Å²) >= 11 is 0. The second-order valence-electron chi connectivity index (χ2n) is 7.86. The van der Waals surface area contributed by atoms with Gasteiger partial charge in [-0.15, -0.1) is 0 Å². The van der Waals surface area contributed by atoms with E-state index < -0.39 is 0 Å². The van der Waals surface area contributed by atoms with Crippen molar-refractivity contribution in [1.29, 1.82) is 0 Å². The molecule has 0 aliphatic carbocycles. The maximum absolute atomic E-state index is 12.9. The number of nitrogens with zero attached hydrogens (tertiary/aromatic N) is 4. The second kappa shape index (κ2) is 8.75. The molecule has 31 heavy (non-hydrogen) atoms. The van der Waals surface area contributed by atoms with Gasteiger partial charge in [-0.1, -0.05) is 29.8 Å². The molecule has 0 atom stereocenters. The van der Waals surface area contributed by atoms with Crippen molar-refractivity contribution in [3.05, 3.63) is 58.6 Å². The van der Waals surface area contributed by atoms with Gasteiger partial charge in [0.05, 0.1) is 18.2 Å². The first-order valence-electron chi connectivity index (χ1n) is 10.6. The SMILES string of the molecule is CCOC(=O)C1CCN(C(=O)Cn2ccn3nc(-c4ccc(C)cc4)cc3c2=O)CC1. The van der Waals surface area contributed by atoms with Gasteiger partial charge in [-0.25, -0.2) is 4.52 Å². The van der Waals surface area contributed by atoms with Crippen LogP contribution in [0.5, 0.6) is 0 Å². The zero-order chi connectivity index (χ0) is 22.0. The number of amides is 1. The van der Waals surface area contributed by atoms with Gasteiger partial charge in [0.2, 0.25) is 5.91 Å². The molecule has 8 nitrogen and oxygen atoms in total. The van der Waals surface area contributed by atoms with Crippen molar-refractivity contribution in [2.24, 2.45) is 5.92 Å². The van der Waals surface area contributed by atoms with E-state index in [1.165, 1.54) is 4.57 Å². The predicted molar refractivity (Wildman–Crippen MR) is 116 cm³/mol. The average molecular weight is 422 g/mol. The van der Waals surface area contributed by atoms with Crippen molar-refractivity contribution in [3.63, 3.8) is 0 Å². The lowest BCUT2D eigenvalue weighted by Crippen LogP contribution is -2.43. The molecule has 0 saturated carbocycles. The molecular formula is C23H26N4O4. The molecule has 1 aliphatic rings. The van der Waals surface area contributed by atoms with Gasteiger partial charge in [-0.3, -0.25) is 14.4 Å². The third-order valence-corrected chi connectivity index (χ3v) is 5.72. The number of benzene rings is 1. The third kappa shape index (κ3) is 4.38. The Balaban J connectivity index is 1.47. The standard InChI is InChI=1S/C23H26N4O4/c1-3-31-23(30)18-8-10-25(11-9-18)21(28)15-26-12-13-27-20(22(26)29)14-19(24-27)17-6-4-16(2)5-7-17/h4-7,12-14,18H,3,8-11,15H2,1-2H3. The van der Waals surface area contributed by atoms with Crippen LogP contribution >= 0.6 is 0 Å². The van der Waals surface area contributed by atoms with Crippen molar-refractivity contribution in [3.8, 4) is 11.3 Å². The van der Waals surface area contributed by atoms with E-state index in [0.717, 1.165) is 11.1 Å². The fraction of sp³-hybridized carbons (Fsp3) is 0.391. The van der Waals surface area contributed by atoms with E-state index in [2.05, 4.69) is 5.10 Å². The summed E-state index contributed by atoms with van der Waals surface area (Å²) < 4.78 is 8.03. The molecule has 162 valence electrons.